The molecule has 5 rings (SSSR count). The minimum atomic E-state index is -3.82. The van der Waals surface area contributed by atoms with Crippen molar-refractivity contribution in [2.45, 2.75) is 11.3 Å². The average molecular weight is 441 g/mol. The van der Waals surface area contributed by atoms with Gasteiger partial charge in [0.05, 0.1) is 15.9 Å². The molecule has 4 aromatic rings. The van der Waals surface area contributed by atoms with E-state index in [-0.39, 0.29) is 4.90 Å². The summed E-state index contributed by atoms with van der Waals surface area (Å²) in [5.41, 5.74) is 1.42. The number of nitrogens with zero attached hydrogens (tertiary/aromatic N) is 3. The van der Waals surface area contributed by atoms with Crippen LogP contribution in [0.15, 0.2) is 65.7 Å². The summed E-state index contributed by atoms with van der Waals surface area (Å²) in [7, 11) is -3.82. The average Bonchev–Trinajstić information content (AvgIpc) is 3.03. The monoisotopic (exact) mass is 440 g/mol. The van der Waals surface area contributed by atoms with Crippen LogP contribution in [0.5, 0.6) is 0 Å². The Balaban J connectivity index is 1.79. The van der Waals surface area contributed by atoms with E-state index >= 15 is 0 Å². The van der Waals surface area contributed by atoms with Crippen LogP contribution in [0.3, 0.4) is 0 Å². The van der Waals surface area contributed by atoms with Crippen molar-refractivity contribution >= 4 is 49.2 Å². The number of benzene rings is 2. The lowest BCUT2D eigenvalue weighted by atomic mass is 10.1. The second-order valence-electron chi connectivity index (χ2n) is 7.38. The molecule has 30 heavy (non-hydrogen) atoms. The van der Waals surface area contributed by atoms with Gasteiger partial charge < -0.3 is 10.2 Å². The molecule has 0 amide bonds. The summed E-state index contributed by atoms with van der Waals surface area (Å²) in [4.78, 5) is 7.32. The van der Waals surface area contributed by atoms with E-state index in [0.29, 0.717) is 10.5 Å². The van der Waals surface area contributed by atoms with Gasteiger partial charge in [-0.05, 0) is 43.3 Å². The van der Waals surface area contributed by atoms with Crippen LogP contribution in [-0.4, -0.2) is 43.6 Å². The van der Waals surface area contributed by atoms with Gasteiger partial charge in [0.1, 0.15) is 5.82 Å². The van der Waals surface area contributed by atoms with Crippen molar-refractivity contribution in [2.24, 2.45) is 0 Å². The van der Waals surface area contributed by atoms with Crippen LogP contribution in [-0.2, 0) is 10.0 Å². The molecule has 6 nitrogen and oxygen atoms in total. The number of fused-ring (bicyclic) bond motifs is 3. The lowest BCUT2D eigenvalue weighted by Crippen LogP contribution is -2.28. The molecule has 154 valence electrons. The predicted octanol–water partition coefficient (Wildman–Crippen LogP) is 3.88. The van der Waals surface area contributed by atoms with E-state index < -0.39 is 10.0 Å². The van der Waals surface area contributed by atoms with E-state index in [9.17, 15) is 8.42 Å². The highest BCUT2D eigenvalue weighted by Crippen LogP contribution is 2.34. The topological polar surface area (TPSA) is 67.2 Å². The molecule has 1 fully saturated rings. The molecule has 0 aliphatic carbocycles. The molecule has 0 spiro atoms. The molecule has 2 aromatic heterocycles. The SMILES string of the molecule is O=S(=O)(c1cccc(Cl)c1)n1ccc2c(N3CCCNCC3)nc3ccccc3c21. The standard InChI is InChI=1S/C22H21ClN4O2S/c23-16-5-3-6-17(15-16)30(28,29)27-13-9-19-21(27)18-7-1-2-8-20(18)25-22(19)26-12-4-10-24-11-14-26/h1-3,5-9,13,15,24H,4,10-12,14H2. The van der Waals surface area contributed by atoms with Crippen molar-refractivity contribution in [3.8, 4) is 0 Å². The number of para-hydroxylation sites is 1. The molecule has 3 heterocycles. The van der Waals surface area contributed by atoms with Crippen molar-refractivity contribution in [1.29, 1.82) is 0 Å². The highest BCUT2D eigenvalue weighted by molar-refractivity contribution is 7.90. The molecule has 0 unspecified atom stereocenters. The molecular weight excluding hydrogens is 420 g/mol. The fraction of sp³-hybridized carbons (Fsp3) is 0.227. The van der Waals surface area contributed by atoms with E-state index in [4.69, 9.17) is 16.6 Å². The van der Waals surface area contributed by atoms with Gasteiger partial charge in [0.15, 0.2) is 0 Å². The number of rotatable bonds is 3. The Hall–Kier alpha value is -2.61. The van der Waals surface area contributed by atoms with Gasteiger partial charge >= 0.3 is 0 Å². The van der Waals surface area contributed by atoms with Crippen LogP contribution in [0.1, 0.15) is 6.42 Å². The van der Waals surface area contributed by atoms with E-state index in [1.54, 1.807) is 24.4 Å². The molecule has 1 saturated heterocycles. The number of anilines is 1. The molecule has 0 radical (unpaired) electrons. The number of halogens is 1. The molecule has 1 N–H and O–H groups in total. The summed E-state index contributed by atoms with van der Waals surface area (Å²) in [6, 6.07) is 15.9. The molecular formula is C22H21ClN4O2S. The predicted molar refractivity (Wildman–Crippen MR) is 121 cm³/mol. The molecule has 1 aliphatic rings. The molecule has 0 atom stereocenters. The number of hydrogen-bond donors (Lipinski definition) is 1. The summed E-state index contributed by atoms with van der Waals surface area (Å²) >= 11 is 6.07. The van der Waals surface area contributed by atoms with Gasteiger partial charge in [-0.2, -0.15) is 0 Å². The zero-order valence-electron chi connectivity index (χ0n) is 16.3. The van der Waals surface area contributed by atoms with Crippen molar-refractivity contribution in [2.75, 3.05) is 31.1 Å². The molecule has 2 aromatic carbocycles. The second-order valence-corrected chi connectivity index (χ2v) is 9.63. The first kappa shape index (κ1) is 19.4. The highest BCUT2D eigenvalue weighted by atomic mass is 35.5. The van der Waals surface area contributed by atoms with Crippen molar-refractivity contribution < 1.29 is 8.42 Å². The summed E-state index contributed by atoms with van der Waals surface area (Å²) in [6.07, 6.45) is 2.63. The van der Waals surface area contributed by atoms with E-state index in [2.05, 4.69) is 10.2 Å². The van der Waals surface area contributed by atoms with E-state index in [1.165, 1.54) is 10.0 Å². The first-order chi connectivity index (χ1) is 14.6. The Labute approximate surface area is 180 Å². The van der Waals surface area contributed by atoms with Crippen molar-refractivity contribution in [3.05, 3.63) is 65.8 Å². The van der Waals surface area contributed by atoms with E-state index in [1.807, 2.05) is 30.3 Å². The van der Waals surface area contributed by atoms with Crippen molar-refractivity contribution in [3.63, 3.8) is 0 Å². The molecule has 8 heteroatoms. The maximum atomic E-state index is 13.5. The highest BCUT2D eigenvalue weighted by Gasteiger charge is 2.24. The Morgan fingerprint density at radius 3 is 2.70 bits per heavy atom. The summed E-state index contributed by atoms with van der Waals surface area (Å²) < 4.78 is 28.4. The first-order valence-corrected chi connectivity index (χ1v) is 11.7. The number of aromatic nitrogens is 2. The van der Waals surface area contributed by atoms with Gasteiger partial charge in [0, 0.05) is 41.6 Å². The first-order valence-electron chi connectivity index (χ1n) is 9.92. The third-order valence-electron chi connectivity index (χ3n) is 5.47. The third-order valence-corrected chi connectivity index (χ3v) is 7.38. The Kier molecular flexibility index (Phi) is 4.89. The van der Waals surface area contributed by atoms with Gasteiger partial charge in [-0.3, -0.25) is 0 Å². The van der Waals surface area contributed by atoms with Gasteiger partial charge in [-0.1, -0.05) is 35.9 Å². The van der Waals surface area contributed by atoms with Gasteiger partial charge in [0.2, 0.25) is 0 Å². The zero-order valence-corrected chi connectivity index (χ0v) is 17.8. The zero-order chi connectivity index (χ0) is 20.7. The van der Waals surface area contributed by atoms with E-state index in [0.717, 1.165) is 54.7 Å². The normalized spacial score (nSPS) is 15.6. The number of hydrogen-bond acceptors (Lipinski definition) is 5. The third kappa shape index (κ3) is 3.23. The fourth-order valence-electron chi connectivity index (χ4n) is 4.04. The minimum Gasteiger partial charge on any atom is -0.355 e. The number of pyridine rings is 1. The smallest absolute Gasteiger partial charge is 0.268 e. The van der Waals surface area contributed by atoms with Crippen LogP contribution in [0.4, 0.5) is 5.82 Å². The second kappa shape index (κ2) is 7.58. The van der Waals surface area contributed by atoms with Gasteiger partial charge in [-0.25, -0.2) is 17.4 Å². The van der Waals surface area contributed by atoms with Crippen LogP contribution in [0.25, 0.3) is 21.8 Å². The van der Waals surface area contributed by atoms with Gasteiger partial charge in [0.25, 0.3) is 10.0 Å². The van der Waals surface area contributed by atoms with Crippen LogP contribution in [0.2, 0.25) is 5.02 Å². The fourth-order valence-corrected chi connectivity index (χ4v) is 5.71. The molecule has 0 bridgehead atoms. The maximum Gasteiger partial charge on any atom is 0.268 e. The lowest BCUT2D eigenvalue weighted by molar-refractivity contribution is 0.589. The Bertz CT molecular complexity index is 1340. The Morgan fingerprint density at radius 2 is 1.83 bits per heavy atom. The van der Waals surface area contributed by atoms with Crippen molar-refractivity contribution in [1.82, 2.24) is 14.3 Å². The quantitative estimate of drug-likeness (QED) is 0.523. The van der Waals surface area contributed by atoms with Crippen LogP contribution in [0, 0.1) is 0 Å². The molecule has 0 saturated carbocycles. The Morgan fingerprint density at radius 1 is 0.967 bits per heavy atom. The summed E-state index contributed by atoms with van der Waals surface area (Å²) in [5, 5.41) is 5.43. The molecule has 1 aliphatic heterocycles. The van der Waals surface area contributed by atoms with Crippen LogP contribution < -0.4 is 10.2 Å². The minimum absolute atomic E-state index is 0.161. The van der Waals surface area contributed by atoms with Gasteiger partial charge in [-0.15, -0.1) is 0 Å². The lowest BCUT2D eigenvalue weighted by Gasteiger charge is -2.23. The van der Waals surface area contributed by atoms with Crippen LogP contribution >= 0.6 is 11.6 Å². The maximum absolute atomic E-state index is 13.5. The summed E-state index contributed by atoms with van der Waals surface area (Å²) in [5.74, 6) is 0.826. The number of nitrogens with one attached hydrogen (secondary N) is 1. The summed E-state index contributed by atoms with van der Waals surface area (Å²) in [6.45, 7) is 3.54. The largest absolute Gasteiger partial charge is 0.355 e.